The van der Waals surface area contributed by atoms with E-state index >= 15 is 0 Å². The molecule has 1 saturated heterocycles. The summed E-state index contributed by atoms with van der Waals surface area (Å²) in [5.41, 5.74) is -0.252. The van der Waals surface area contributed by atoms with Gasteiger partial charge < -0.3 is 19.8 Å². The molecule has 1 fully saturated rings. The Balaban J connectivity index is 1.76. The monoisotopic (exact) mass is 485 g/mol. The summed E-state index contributed by atoms with van der Waals surface area (Å²) in [6.07, 6.45) is 2.67. The normalized spacial score (nSPS) is 20.6. The van der Waals surface area contributed by atoms with Crippen LogP contribution < -0.4 is 10.9 Å². The van der Waals surface area contributed by atoms with E-state index in [0.717, 1.165) is 6.26 Å². The number of nitrogens with one attached hydrogen (secondary N) is 2. The lowest BCUT2D eigenvalue weighted by Gasteiger charge is -2.38. The van der Waals surface area contributed by atoms with Crippen molar-refractivity contribution < 1.29 is 22.7 Å². The number of hydrogen-bond acceptors (Lipinski definition) is 9. The third-order valence-electron chi connectivity index (χ3n) is 5.90. The second-order valence-corrected chi connectivity index (χ2v) is 10.2. The summed E-state index contributed by atoms with van der Waals surface area (Å²) >= 11 is 0. The van der Waals surface area contributed by atoms with Crippen LogP contribution in [0.5, 0.6) is 0 Å². The molecule has 1 aromatic carbocycles. The highest BCUT2D eigenvalue weighted by molar-refractivity contribution is 7.90. The van der Waals surface area contributed by atoms with Crippen molar-refractivity contribution in [1.82, 2.24) is 14.8 Å². The summed E-state index contributed by atoms with van der Waals surface area (Å²) < 4.78 is 35.6. The number of fused-ring (bicyclic) bond motifs is 1. The SMILES string of the molecule is COC(=O)C1CCC(CC#N)(n2nc(Nc3ccc(S(C)(=O)=O)cc3)c3c(=O)[nH]ccc32)CO1. The van der Waals surface area contributed by atoms with E-state index in [1.54, 1.807) is 22.9 Å². The second kappa shape index (κ2) is 8.92. The number of methoxy groups -OCH3 is 1. The first-order chi connectivity index (χ1) is 16.2. The number of nitriles is 1. The van der Waals surface area contributed by atoms with Gasteiger partial charge in [-0.05, 0) is 43.2 Å². The number of aromatic nitrogens is 3. The largest absolute Gasteiger partial charge is 0.467 e. The number of hydrogen-bond donors (Lipinski definition) is 2. The number of H-pyrrole nitrogens is 1. The van der Waals surface area contributed by atoms with Gasteiger partial charge in [0.25, 0.3) is 5.56 Å². The maximum absolute atomic E-state index is 12.7. The van der Waals surface area contributed by atoms with Gasteiger partial charge in [-0.1, -0.05) is 0 Å². The molecule has 2 N–H and O–H groups in total. The number of benzene rings is 1. The van der Waals surface area contributed by atoms with Crippen LogP contribution in [0.15, 0.2) is 46.2 Å². The number of pyridine rings is 1. The molecule has 0 spiro atoms. The Hall–Kier alpha value is -3.69. The molecule has 2 aromatic heterocycles. The standard InChI is InChI=1S/C22H23N5O6S/c1-32-21(29)17-7-9-22(10-11-23,13-33-17)27-16-8-12-24-20(28)18(16)19(26-27)25-14-3-5-15(6-4-14)34(2,30)31/h3-6,8,12,17H,7,9-10,13H2,1-2H3,(H,24,28)(H,25,26). The molecule has 0 aliphatic carbocycles. The van der Waals surface area contributed by atoms with Gasteiger partial charge in [-0.15, -0.1) is 0 Å². The number of carbonyl (C=O) groups is 1. The first-order valence-electron chi connectivity index (χ1n) is 10.4. The highest BCUT2D eigenvalue weighted by Crippen LogP contribution is 2.37. The molecule has 3 aromatic rings. The highest BCUT2D eigenvalue weighted by atomic mass is 32.2. The van der Waals surface area contributed by atoms with E-state index in [4.69, 9.17) is 9.47 Å². The number of carbonyl (C=O) groups excluding carboxylic acids is 1. The zero-order chi connectivity index (χ0) is 24.5. The minimum absolute atomic E-state index is 0.0341. The molecule has 0 saturated carbocycles. The number of nitrogens with zero attached hydrogens (tertiary/aromatic N) is 3. The Morgan fingerprint density at radius 2 is 2.12 bits per heavy atom. The molecule has 0 amide bonds. The molecule has 11 nitrogen and oxygen atoms in total. The number of anilines is 2. The van der Waals surface area contributed by atoms with Crippen LogP contribution in [-0.4, -0.2) is 55.2 Å². The summed E-state index contributed by atoms with van der Waals surface area (Å²) in [6, 6.07) is 9.93. The summed E-state index contributed by atoms with van der Waals surface area (Å²) in [5, 5.41) is 17.6. The van der Waals surface area contributed by atoms with Crippen LogP contribution in [0, 0.1) is 11.3 Å². The van der Waals surface area contributed by atoms with Crippen LogP contribution in [0.2, 0.25) is 0 Å². The highest BCUT2D eigenvalue weighted by Gasteiger charge is 2.42. The van der Waals surface area contributed by atoms with Gasteiger partial charge in [-0.3, -0.25) is 9.48 Å². The topological polar surface area (TPSA) is 156 Å². The predicted octanol–water partition coefficient (Wildman–Crippen LogP) is 1.83. The van der Waals surface area contributed by atoms with E-state index in [1.807, 2.05) is 0 Å². The number of esters is 1. The van der Waals surface area contributed by atoms with Crippen LogP contribution in [0.25, 0.3) is 10.9 Å². The molecule has 2 unspecified atom stereocenters. The number of rotatable bonds is 6. The van der Waals surface area contributed by atoms with Gasteiger partial charge in [0.15, 0.2) is 21.8 Å². The van der Waals surface area contributed by atoms with E-state index in [1.165, 1.54) is 25.4 Å². The van der Waals surface area contributed by atoms with E-state index in [0.29, 0.717) is 24.0 Å². The quantitative estimate of drug-likeness (QED) is 0.497. The summed E-state index contributed by atoms with van der Waals surface area (Å²) in [4.78, 5) is 27.4. The first-order valence-corrected chi connectivity index (χ1v) is 12.3. The van der Waals surface area contributed by atoms with Gasteiger partial charge in [0, 0.05) is 18.1 Å². The smallest absolute Gasteiger partial charge is 0.334 e. The van der Waals surface area contributed by atoms with E-state index in [-0.39, 0.29) is 34.7 Å². The number of aromatic amines is 1. The fraction of sp³-hybridized carbons (Fsp3) is 0.364. The van der Waals surface area contributed by atoms with Crippen molar-refractivity contribution in [3.63, 3.8) is 0 Å². The minimum Gasteiger partial charge on any atom is -0.467 e. The third kappa shape index (κ3) is 4.27. The molecule has 0 bridgehead atoms. The van der Waals surface area contributed by atoms with Crippen LogP contribution >= 0.6 is 0 Å². The van der Waals surface area contributed by atoms with Gasteiger partial charge in [-0.2, -0.15) is 10.4 Å². The molecular weight excluding hydrogens is 462 g/mol. The van der Waals surface area contributed by atoms with Gasteiger partial charge >= 0.3 is 5.97 Å². The van der Waals surface area contributed by atoms with Crippen molar-refractivity contribution >= 4 is 38.2 Å². The van der Waals surface area contributed by atoms with Crippen LogP contribution in [0.1, 0.15) is 19.3 Å². The Bertz CT molecular complexity index is 1430. The molecule has 0 radical (unpaired) electrons. The third-order valence-corrected chi connectivity index (χ3v) is 7.02. The van der Waals surface area contributed by atoms with Crippen molar-refractivity contribution in [2.24, 2.45) is 0 Å². The molecule has 3 heterocycles. The average molecular weight is 486 g/mol. The van der Waals surface area contributed by atoms with Crippen molar-refractivity contribution in [1.29, 1.82) is 5.26 Å². The summed E-state index contributed by atoms with van der Waals surface area (Å²) in [7, 11) is -2.06. The zero-order valence-electron chi connectivity index (χ0n) is 18.6. The molecule has 1 aliphatic rings. The van der Waals surface area contributed by atoms with Gasteiger partial charge in [0.2, 0.25) is 0 Å². The van der Waals surface area contributed by atoms with E-state index in [2.05, 4.69) is 21.5 Å². The lowest BCUT2D eigenvalue weighted by Crippen LogP contribution is -2.47. The second-order valence-electron chi connectivity index (χ2n) is 8.17. The van der Waals surface area contributed by atoms with Crippen LogP contribution in [-0.2, 0) is 29.6 Å². The Kier molecular flexibility index (Phi) is 6.16. The Morgan fingerprint density at radius 3 is 2.71 bits per heavy atom. The van der Waals surface area contributed by atoms with E-state index in [9.17, 15) is 23.3 Å². The Morgan fingerprint density at radius 1 is 1.38 bits per heavy atom. The number of ether oxygens (including phenoxy) is 2. The number of sulfone groups is 1. The molecule has 12 heteroatoms. The molecule has 34 heavy (non-hydrogen) atoms. The lowest BCUT2D eigenvalue weighted by molar-refractivity contribution is -0.162. The maximum atomic E-state index is 12.7. The molecule has 4 rings (SSSR count). The Labute approximate surface area is 195 Å². The molecule has 1 aliphatic heterocycles. The molecular formula is C22H23N5O6S. The van der Waals surface area contributed by atoms with Gasteiger partial charge in [0.1, 0.15) is 5.39 Å². The zero-order valence-corrected chi connectivity index (χ0v) is 19.4. The van der Waals surface area contributed by atoms with E-state index < -0.39 is 27.4 Å². The van der Waals surface area contributed by atoms with Crippen molar-refractivity contribution in [3.05, 3.63) is 46.9 Å². The fourth-order valence-electron chi connectivity index (χ4n) is 4.11. The minimum atomic E-state index is -3.35. The first kappa shape index (κ1) is 23.5. The van der Waals surface area contributed by atoms with Crippen LogP contribution in [0.4, 0.5) is 11.5 Å². The molecule has 2 atom stereocenters. The average Bonchev–Trinajstić information content (AvgIpc) is 3.19. The summed E-state index contributed by atoms with van der Waals surface area (Å²) in [6.45, 7) is 0.0341. The lowest BCUT2D eigenvalue weighted by atomic mass is 9.87. The predicted molar refractivity (Wildman–Crippen MR) is 122 cm³/mol. The van der Waals surface area contributed by atoms with Crippen molar-refractivity contribution in [3.8, 4) is 6.07 Å². The van der Waals surface area contributed by atoms with Gasteiger partial charge in [0.05, 0.1) is 42.2 Å². The summed E-state index contributed by atoms with van der Waals surface area (Å²) in [5.74, 6) is -0.233. The van der Waals surface area contributed by atoms with Crippen molar-refractivity contribution in [2.45, 2.75) is 35.8 Å². The fourth-order valence-corrected chi connectivity index (χ4v) is 4.74. The molecule has 178 valence electrons. The maximum Gasteiger partial charge on any atom is 0.334 e. The van der Waals surface area contributed by atoms with Gasteiger partial charge in [-0.25, -0.2) is 13.2 Å². The van der Waals surface area contributed by atoms with Crippen molar-refractivity contribution in [2.75, 3.05) is 25.3 Å². The van der Waals surface area contributed by atoms with Crippen LogP contribution in [0.3, 0.4) is 0 Å².